The molecule has 3 aromatic carbocycles. The molecule has 4 aromatic rings. The first-order chi connectivity index (χ1) is 16.1. The maximum Gasteiger partial charge on any atom is 0.266 e. The lowest BCUT2D eigenvalue weighted by atomic mass is 10.1. The summed E-state index contributed by atoms with van der Waals surface area (Å²) in [6.07, 6.45) is 2.00. The second-order valence-electron chi connectivity index (χ2n) is 7.95. The first-order valence-electron chi connectivity index (χ1n) is 10.8. The number of benzene rings is 3. The van der Waals surface area contributed by atoms with E-state index in [1.54, 1.807) is 23.8 Å². The van der Waals surface area contributed by atoms with E-state index in [-0.39, 0.29) is 17.5 Å². The standard InChI is InChI=1S/C26H23N3O3S/c1-32-20-11-7-10-19(16-20)29-25(31)21-12-5-6-13-22(21)28-26(29)33-23(17-8-3-2-4-9-17)24(30)27-18-14-15-18/h2-13,16,18,23H,14-15H2,1H3,(H,27,30)/t23-/m0/s1. The Morgan fingerprint density at radius 2 is 1.82 bits per heavy atom. The molecule has 0 radical (unpaired) electrons. The van der Waals surface area contributed by atoms with Crippen LogP contribution >= 0.6 is 11.8 Å². The van der Waals surface area contributed by atoms with Crippen LogP contribution in [0.2, 0.25) is 0 Å². The van der Waals surface area contributed by atoms with Crippen molar-refractivity contribution in [3.05, 3.63) is 94.8 Å². The molecule has 0 saturated heterocycles. The van der Waals surface area contributed by atoms with Crippen LogP contribution in [0, 0.1) is 0 Å². The number of carbonyl (C=O) groups is 1. The van der Waals surface area contributed by atoms with Crippen LogP contribution in [0.5, 0.6) is 5.75 Å². The largest absolute Gasteiger partial charge is 0.497 e. The molecule has 5 rings (SSSR count). The van der Waals surface area contributed by atoms with Crippen LogP contribution in [0.15, 0.2) is 88.8 Å². The smallest absolute Gasteiger partial charge is 0.266 e. The molecule has 0 spiro atoms. The predicted octanol–water partition coefficient (Wildman–Crippen LogP) is 4.51. The molecule has 166 valence electrons. The Morgan fingerprint density at radius 3 is 2.58 bits per heavy atom. The highest BCUT2D eigenvalue weighted by atomic mass is 32.2. The van der Waals surface area contributed by atoms with Gasteiger partial charge >= 0.3 is 0 Å². The lowest BCUT2D eigenvalue weighted by Crippen LogP contribution is -2.30. The molecule has 33 heavy (non-hydrogen) atoms. The van der Waals surface area contributed by atoms with Gasteiger partial charge in [-0.05, 0) is 42.7 Å². The zero-order valence-electron chi connectivity index (χ0n) is 18.1. The fraction of sp³-hybridized carbons (Fsp3) is 0.192. The Labute approximate surface area is 195 Å². The van der Waals surface area contributed by atoms with Gasteiger partial charge in [0.05, 0.1) is 23.7 Å². The number of ether oxygens (including phenoxy) is 1. The van der Waals surface area contributed by atoms with Crippen molar-refractivity contribution < 1.29 is 9.53 Å². The first-order valence-corrected chi connectivity index (χ1v) is 11.7. The van der Waals surface area contributed by atoms with Crippen LogP contribution in [0.4, 0.5) is 0 Å². The minimum Gasteiger partial charge on any atom is -0.497 e. The molecule has 1 atom stereocenters. The Hall–Kier alpha value is -3.58. The zero-order chi connectivity index (χ0) is 22.8. The highest BCUT2D eigenvalue weighted by Crippen LogP contribution is 2.36. The fourth-order valence-corrected chi connectivity index (χ4v) is 4.80. The van der Waals surface area contributed by atoms with Crippen molar-refractivity contribution in [3.8, 4) is 11.4 Å². The van der Waals surface area contributed by atoms with Gasteiger partial charge in [0.2, 0.25) is 5.91 Å². The van der Waals surface area contributed by atoms with Gasteiger partial charge in [0, 0.05) is 12.1 Å². The quantitative estimate of drug-likeness (QED) is 0.327. The number of methoxy groups -OCH3 is 1. The van der Waals surface area contributed by atoms with Gasteiger partial charge < -0.3 is 10.1 Å². The summed E-state index contributed by atoms with van der Waals surface area (Å²) >= 11 is 1.28. The lowest BCUT2D eigenvalue weighted by molar-refractivity contribution is -0.120. The number of nitrogens with one attached hydrogen (secondary N) is 1. The number of para-hydroxylation sites is 1. The van der Waals surface area contributed by atoms with Gasteiger partial charge in [-0.25, -0.2) is 4.98 Å². The van der Waals surface area contributed by atoms with Gasteiger partial charge in [-0.15, -0.1) is 0 Å². The third-order valence-corrected chi connectivity index (χ3v) is 6.75. The Balaban J connectivity index is 1.66. The average molecular weight is 458 g/mol. The number of carbonyl (C=O) groups excluding carboxylic acids is 1. The van der Waals surface area contributed by atoms with E-state index in [2.05, 4.69) is 5.32 Å². The van der Waals surface area contributed by atoms with Crippen LogP contribution in [-0.4, -0.2) is 28.6 Å². The molecule has 1 aliphatic rings. The molecule has 6 nitrogen and oxygen atoms in total. The lowest BCUT2D eigenvalue weighted by Gasteiger charge is -2.19. The molecule has 1 saturated carbocycles. The summed E-state index contributed by atoms with van der Waals surface area (Å²) in [5, 5.41) is 3.53. The van der Waals surface area contributed by atoms with Gasteiger partial charge in [0.1, 0.15) is 11.0 Å². The van der Waals surface area contributed by atoms with Gasteiger partial charge in [-0.2, -0.15) is 0 Å². The third kappa shape index (κ3) is 4.50. The van der Waals surface area contributed by atoms with Crippen molar-refractivity contribution in [1.29, 1.82) is 0 Å². The van der Waals surface area contributed by atoms with E-state index >= 15 is 0 Å². The number of thioether (sulfide) groups is 1. The maximum absolute atomic E-state index is 13.6. The minimum atomic E-state index is -0.545. The Kier molecular flexibility index (Phi) is 5.88. The van der Waals surface area contributed by atoms with Crippen molar-refractivity contribution in [1.82, 2.24) is 14.9 Å². The molecule has 7 heteroatoms. The van der Waals surface area contributed by atoms with Crippen LogP contribution in [0.1, 0.15) is 23.7 Å². The molecule has 1 aliphatic carbocycles. The summed E-state index contributed by atoms with van der Waals surface area (Å²) in [6, 6.07) is 24.4. The van der Waals surface area contributed by atoms with Crippen molar-refractivity contribution in [2.75, 3.05) is 7.11 Å². The van der Waals surface area contributed by atoms with Crippen molar-refractivity contribution in [2.45, 2.75) is 29.3 Å². The summed E-state index contributed by atoms with van der Waals surface area (Å²) in [7, 11) is 1.59. The number of nitrogens with zero attached hydrogens (tertiary/aromatic N) is 2. The number of hydrogen-bond donors (Lipinski definition) is 1. The summed E-state index contributed by atoms with van der Waals surface area (Å²) in [6.45, 7) is 0. The highest BCUT2D eigenvalue weighted by Gasteiger charge is 2.30. The monoisotopic (exact) mass is 457 g/mol. The fourth-order valence-electron chi connectivity index (χ4n) is 3.68. The van der Waals surface area contributed by atoms with Gasteiger partial charge in [-0.3, -0.25) is 14.2 Å². The van der Waals surface area contributed by atoms with Gasteiger partial charge in [0.25, 0.3) is 5.56 Å². The molecule has 1 heterocycles. The Morgan fingerprint density at radius 1 is 1.06 bits per heavy atom. The van der Waals surface area contributed by atoms with Crippen LogP contribution in [-0.2, 0) is 4.79 Å². The number of fused-ring (bicyclic) bond motifs is 1. The molecular weight excluding hydrogens is 434 g/mol. The third-order valence-electron chi connectivity index (χ3n) is 5.54. The van der Waals surface area contributed by atoms with E-state index in [4.69, 9.17) is 9.72 Å². The molecule has 1 fully saturated rings. The Bertz CT molecular complexity index is 1370. The molecule has 1 aromatic heterocycles. The van der Waals surface area contributed by atoms with E-state index in [0.29, 0.717) is 27.5 Å². The molecular formula is C26H23N3O3S. The van der Waals surface area contributed by atoms with E-state index in [0.717, 1.165) is 18.4 Å². The summed E-state index contributed by atoms with van der Waals surface area (Å²) in [4.78, 5) is 31.6. The second-order valence-corrected chi connectivity index (χ2v) is 9.02. The van der Waals surface area contributed by atoms with E-state index in [9.17, 15) is 9.59 Å². The van der Waals surface area contributed by atoms with Crippen molar-refractivity contribution >= 4 is 28.6 Å². The molecule has 1 N–H and O–H groups in total. The highest BCUT2D eigenvalue weighted by molar-refractivity contribution is 8.00. The SMILES string of the molecule is COc1cccc(-n2c(S[C@H](C(=O)NC3CC3)c3ccccc3)nc3ccccc3c2=O)c1. The molecule has 0 bridgehead atoms. The molecule has 1 amide bonds. The number of aromatic nitrogens is 2. The van der Waals surface area contributed by atoms with Crippen LogP contribution in [0.25, 0.3) is 16.6 Å². The number of rotatable bonds is 7. The van der Waals surface area contributed by atoms with Crippen LogP contribution < -0.4 is 15.6 Å². The van der Waals surface area contributed by atoms with E-state index in [1.807, 2.05) is 66.7 Å². The summed E-state index contributed by atoms with van der Waals surface area (Å²) < 4.78 is 6.94. The average Bonchev–Trinajstić information content (AvgIpc) is 3.67. The number of hydrogen-bond acceptors (Lipinski definition) is 5. The normalized spacial score (nSPS) is 14.1. The molecule has 0 aliphatic heterocycles. The maximum atomic E-state index is 13.6. The van der Waals surface area contributed by atoms with E-state index in [1.165, 1.54) is 11.8 Å². The van der Waals surface area contributed by atoms with Crippen molar-refractivity contribution in [2.24, 2.45) is 0 Å². The van der Waals surface area contributed by atoms with Crippen molar-refractivity contribution in [3.63, 3.8) is 0 Å². The predicted molar refractivity (Wildman–Crippen MR) is 130 cm³/mol. The summed E-state index contributed by atoms with van der Waals surface area (Å²) in [5.74, 6) is 0.558. The van der Waals surface area contributed by atoms with E-state index < -0.39 is 5.25 Å². The second kappa shape index (κ2) is 9.11. The minimum absolute atomic E-state index is 0.0756. The zero-order valence-corrected chi connectivity index (χ0v) is 18.9. The van der Waals surface area contributed by atoms with Gasteiger partial charge in [0.15, 0.2) is 5.16 Å². The van der Waals surface area contributed by atoms with Gasteiger partial charge in [-0.1, -0.05) is 60.3 Å². The molecule has 0 unspecified atom stereocenters. The first kappa shape index (κ1) is 21.3. The van der Waals surface area contributed by atoms with Crippen LogP contribution in [0.3, 0.4) is 0 Å². The topological polar surface area (TPSA) is 73.2 Å². The number of amides is 1. The summed E-state index contributed by atoms with van der Waals surface area (Å²) in [5.41, 5.74) is 1.90.